The lowest BCUT2D eigenvalue weighted by Gasteiger charge is -2.10. The second-order valence-corrected chi connectivity index (χ2v) is 6.23. The Bertz CT molecular complexity index is 946. The Balaban J connectivity index is 1.69. The molecule has 0 aliphatic carbocycles. The molecule has 1 amide bonds. The quantitative estimate of drug-likeness (QED) is 0.662. The van der Waals surface area contributed by atoms with Crippen LogP contribution in [-0.4, -0.2) is 10.9 Å². The lowest BCUT2D eigenvalue weighted by atomic mass is 10.1. The van der Waals surface area contributed by atoms with Crippen molar-refractivity contribution in [3.63, 3.8) is 0 Å². The highest BCUT2D eigenvalue weighted by Crippen LogP contribution is 2.20. The normalized spacial score (nSPS) is 10.4. The number of hydrogen-bond donors (Lipinski definition) is 2. The number of carbonyl (C=O) groups is 1. The number of aryl methyl sites for hydroxylation is 1. The van der Waals surface area contributed by atoms with Gasteiger partial charge in [-0.2, -0.15) is 0 Å². The van der Waals surface area contributed by atoms with Crippen LogP contribution in [0.15, 0.2) is 60.9 Å². The van der Waals surface area contributed by atoms with Crippen LogP contribution >= 0.6 is 11.6 Å². The molecule has 2 aromatic carbocycles. The van der Waals surface area contributed by atoms with E-state index in [1.807, 2.05) is 31.2 Å². The van der Waals surface area contributed by atoms with Crippen molar-refractivity contribution in [2.45, 2.75) is 13.5 Å². The van der Waals surface area contributed by atoms with Gasteiger partial charge in [0.2, 0.25) is 0 Å². The summed E-state index contributed by atoms with van der Waals surface area (Å²) in [5.74, 6) is -0.881. The molecule has 3 aromatic rings. The minimum absolute atomic E-state index is 0.0467. The van der Waals surface area contributed by atoms with Crippen LogP contribution in [0.4, 0.5) is 15.8 Å². The molecule has 26 heavy (non-hydrogen) atoms. The molecule has 1 heterocycles. The van der Waals surface area contributed by atoms with Gasteiger partial charge in [0.25, 0.3) is 5.91 Å². The molecule has 0 saturated heterocycles. The van der Waals surface area contributed by atoms with Crippen molar-refractivity contribution in [2.75, 3.05) is 10.6 Å². The predicted octanol–water partition coefficient (Wildman–Crippen LogP) is 5.05. The van der Waals surface area contributed by atoms with Gasteiger partial charge in [0.15, 0.2) is 0 Å². The summed E-state index contributed by atoms with van der Waals surface area (Å²) in [7, 11) is 0. The zero-order chi connectivity index (χ0) is 18.5. The van der Waals surface area contributed by atoms with Crippen molar-refractivity contribution in [3.05, 3.63) is 88.5 Å². The molecule has 0 fully saturated rings. The minimum atomic E-state index is -0.534. The summed E-state index contributed by atoms with van der Waals surface area (Å²) in [5, 5.41) is 5.90. The molecule has 0 atom stereocenters. The SMILES string of the molecule is Cc1ccccc1CNc1cncc(C(=O)Nc2ccc(F)c(Cl)c2)c1. The van der Waals surface area contributed by atoms with E-state index in [0.717, 1.165) is 5.69 Å². The van der Waals surface area contributed by atoms with Crippen LogP contribution in [0.3, 0.4) is 0 Å². The molecule has 1 aromatic heterocycles. The number of carbonyl (C=O) groups excluding carboxylic acids is 1. The molecular weight excluding hydrogens is 353 g/mol. The van der Waals surface area contributed by atoms with Crippen molar-refractivity contribution in [2.24, 2.45) is 0 Å². The molecule has 2 N–H and O–H groups in total. The second-order valence-electron chi connectivity index (χ2n) is 5.83. The van der Waals surface area contributed by atoms with Gasteiger partial charge >= 0.3 is 0 Å². The number of nitrogens with zero attached hydrogens (tertiary/aromatic N) is 1. The Morgan fingerprint density at radius 3 is 2.69 bits per heavy atom. The topological polar surface area (TPSA) is 54.0 Å². The number of hydrogen-bond acceptors (Lipinski definition) is 3. The van der Waals surface area contributed by atoms with Crippen LogP contribution in [0.1, 0.15) is 21.5 Å². The van der Waals surface area contributed by atoms with Gasteiger partial charge in [-0.25, -0.2) is 4.39 Å². The van der Waals surface area contributed by atoms with Gasteiger partial charge in [-0.1, -0.05) is 35.9 Å². The summed E-state index contributed by atoms with van der Waals surface area (Å²) >= 11 is 5.73. The van der Waals surface area contributed by atoms with E-state index < -0.39 is 5.82 Å². The van der Waals surface area contributed by atoms with Gasteiger partial charge in [0.1, 0.15) is 5.82 Å². The number of rotatable bonds is 5. The van der Waals surface area contributed by atoms with Gasteiger partial charge in [0, 0.05) is 24.6 Å². The highest BCUT2D eigenvalue weighted by Gasteiger charge is 2.09. The molecule has 0 spiro atoms. The summed E-state index contributed by atoms with van der Waals surface area (Å²) < 4.78 is 13.2. The van der Waals surface area contributed by atoms with Gasteiger partial charge in [0.05, 0.1) is 16.3 Å². The molecule has 0 unspecified atom stereocenters. The zero-order valence-electron chi connectivity index (χ0n) is 14.1. The molecule has 0 bridgehead atoms. The molecule has 132 valence electrons. The van der Waals surface area contributed by atoms with E-state index in [1.165, 1.54) is 35.5 Å². The van der Waals surface area contributed by atoms with E-state index in [4.69, 9.17) is 11.6 Å². The van der Waals surface area contributed by atoms with Gasteiger partial charge < -0.3 is 10.6 Å². The lowest BCUT2D eigenvalue weighted by molar-refractivity contribution is 0.102. The van der Waals surface area contributed by atoms with Gasteiger partial charge in [-0.05, 0) is 42.3 Å². The fraction of sp³-hybridized carbons (Fsp3) is 0.100. The van der Waals surface area contributed by atoms with Gasteiger partial charge in [-0.15, -0.1) is 0 Å². The van der Waals surface area contributed by atoms with Crippen molar-refractivity contribution < 1.29 is 9.18 Å². The number of nitrogens with one attached hydrogen (secondary N) is 2. The van der Waals surface area contributed by atoms with Crippen LogP contribution < -0.4 is 10.6 Å². The van der Waals surface area contributed by atoms with Crippen molar-refractivity contribution in [1.82, 2.24) is 4.98 Å². The third-order valence-corrected chi connectivity index (χ3v) is 4.21. The first-order chi connectivity index (χ1) is 12.5. The number of aromatic nitrogens is 1. The van der Waals surface area contributed by atoms with Crippen LogP contribution in [0.5, 0.6) is 0 Å². The maximum absolute atomic E-state index is 13.2. The summed E-state index contributed by atoms with van der Waals surface area (Å²) in [4.78, 5) is 16.5. The highest BCUT2D eigenvalue weighted by molar-refractivity contribution is 6.31. The Kier molecular flexibility index (Phi) is 5.49. The summed E-state index contributed by atoms with van der Waals surface area (Å²) in [5.41, 5.74) is 3.90. The van der Waals surface area contributed by atoms with Crippen LogP contribution in [0.25, 0.3) is 0 Å². The minimum Gasteiger partial charge on any atom is -0.380 e. The van der Waals surface area contributed by atoms with E-state index in [1.54, 1.807) is 12.3 Å². The van der Waals surface area contributed by atoms with Gasteiger partial charge in [-0.3, -0.25) is 9.78 Å². The first-order valence-electron chi connectivity index (χ1n) is 8.03. The predicted molar refractivity (Wildman–Crippen MR) is 102 cm³/mol. The third-order valence-electron chi connectivity index (χ3n) is 3.92. The Labute approximate surface area is 156 Å². The Morgan fingerprint density at radius 1 is 1.12 bits per heavy atom. The molecule has 0 radical (unpaired) electrons. The molecule has 0 saturated carbocycles. The number of pyridine rings is 1. The average Bonchev–Trinajstić information content (AvgIpc) is 2.64. The summed E-state index contributed by atoms with van der Waals surface area (Å²) in [6.07, 6.45) is 3.13. The molecule has 3 rings (SSSR count). The molecule has 6 heteroatoms. The zero-order valence-corrected chi connectivity index (χ0v) is 14.8. The van der Waals surface area contributed by atoms with Crippen LogP contribution in [0, 0.1) is 12.7 Å². The lowest BCUT2D eigenvalue weighted by Crippen LogP contribution is -2.13. The molecule has 4 nitrogen and oxygen atoms in total. The smallest absolute Gasteiger partial charge is 0.257 e. The van der Waals surface area contributed by atoms with E-state index in [0.29, 0.717) is 17.8 Å². The third kappa shape index (κ3) is 4.37. The van der Waals surface area contributed by atoms with Crippen LogP contribution in [0.2, 0.25) is 5.02 Å². The first kappa shape index (κ1) is 17.9. The summed E-state index contributed by atoms with van der Waals surface area (Å²) in [6.45, 7) is 2.68. The Hall–Kier alpha value is -2.92. The second kappa shape index (κ2) is 7.97. The monoisotopic (exact) mass is 369 g/mol. The average molecular weight is 370 g/mol. The number of benzene rings is 2. The first-order valence-corrected chi connectivity index (χ1v) is 8.40. The van der Waals surface area contributed by atoms with Crippen molar-refractivity contribution in [3.8, 4) is 0 Å². The Morgan fingerprint density at radius 2 is 1.92 bits per heavy atom. The molecular formula is C20H17ClFN3O. The molecule has 0 aliphatic heterocycles. The van der Waals surface area contributed by atoms with E-state index >= 15 is 0 Å². The number of halogens is 2. The van der Waals surface area contributed by atoms with Crippen molar-refractivity contribution >= 4 is 28.9 Å². The van der Waals surface area contributed by atoms with E-state index in [2.05, 4.69) is 15.6 Å². The van der Waals surface area contributed by atoms with E-state index in [9.17, 15) is 9.18 Å². The number of amides is 1. The molecule has 0 aliphatic rings. The maximum atomic E-state index is 13.2. The standard InChI is InChI=1S/C20H17ClFN3O/c1-13-4-2-3-5-14(13)11-24-17-8-15(10-23-12-17)20(26)25-16-6-7-19(22)18(21)9-16/h2-10,12,24H,11H2,1H3,(H,25,26). The summed E-state index contributed by atoms with van der Waals surface area (Å²) in [6, 6.07) is 13.8. The van der Waals surface area contributed by atoms with E-state index in [-0.39, 0.29) is 10.9 Å². The highest BCUT2D eigenvalue weighted by atomic mass is 35.5. The fourth-order valence-electron chi connectivity index (χ4n) is 2.44. The fourth-order valence-corrected chi connectivity index (χ4v) is 2.62. The van der Waals surface area contributed by atoms with Crippen molar-refractivity contribution in [1.29, 1.82) is 0 Å². The largest absolute Gasteiger partial charge is 0.380 e. The maximum Gasteiger partial charge on any atom is 0.257 e. The van der Waals surface area contributed by atoms with Crippen LogP contribution in [-0.2, 0) is 6.54 Å². The number of anilines is 2.